The number of cyclic esters (lactones) is 1. The fraction of sp³-hybridized carbons (Fsp3) is 0.941. The van der Waals surface area contributed by atoms with Crippen LogP contribution in [0.4, 0.5) is 0 Å². The van der Waals surface area contributed by atoms with Gasteiger partial charge in [0.2, 0.25) is 0 Å². The Bertz CT molecular complexity index is 240. The van der Waals surface area contributed by atoms with E-state index in [0.29, 0.717) is 6.61 Å². The maximum absolute atomic E-state index is 11.0. The fourth-order valence-electron chi connectivity index (χ4n) is 2.71. The van der Waals surface area contributed by atoms with Gasteiger partial charge in [0.15, 0.2) is 0 Å². The Morgan fingerprint density at radius 2 is 1.45 bits per heavy atom. The highest BCUT2D eigenvalue weighted by atomic mass is 16.6. The smallest absolute Gasteiger partial charge is 0.332 e. The molecule has 3 nitrogen and oxygen atoms in total. The molecule has 0 aromatic heterocycles. The van der Waals surface area contributed by atoms with Crippen molar-refractivity contribution in [1.29, 1.82) is 0 Å². The van der Waals surface area contributed by atoms with Gasteiger partial charge in [-0.1, -0.05) is 71.1 Å². The van der Waals surface area contributed by atoms with E-state index < -0.39 is 0 Å². The van der Waals surface area contributed by atoms with E-state index in [4.69, 9.17) is 9.47 Å². The van der Waals surface area contributed by atoms with E-state index in [0.717, 1.165) is 12.8 Å². The first-order chi connectivity index (χ1) is 9.83. The van der Waals surface area contributed by atoms with Crippen LogP contribution in [-0.2, 0) is 14.3 Å². The van der Waals surface area contributed by atoms with Crippen LogP contribution in [-0.4, -0.2) is 25.3 Å². The molecule has 1 saturated heterocycles. The highest BCUT2D eigenvalue weighted by Gasteiger charge is 2.19. The number of rotatable bonds is 12. The Kier molecular flexibility index (Phi) is 10.7. The molecule has 1 heterocycles. The lowest BCUT2D eigenvalue weighted by atomic mass is 10.0. The molecule has 1 fully saturated rings. The number of carbonyl (C=O) groups is 1. The lowest BCUT2D eigenvalue weighted by molar-refractivity contribution is -0.170. The summed E-state index contributed by atoms with van der Waals surface area (Å²) in [5.41, 5.74) is 0. The molecule has 0 radical (unpaired) electrons. The van der Waals surface area contributed by atoms with Crippen molar-refractivity contribution in [1.82, 2.24) is 0 Å². The second-order valence-corrected chi connectivity index (χ2v) is 5.95. The molecule has 0 spiro atoms. The first kappa shape index (κ1) is 17.5. The van der Waals surface area contributed by atoms with E-state index in [2.05, 4.69) is 6.92 Å². The standard InChI is InChI=1S/C17H32O3/c1-2-3-4-5-6-7-8-9-10-11-12-13-16-14-19-15-17(18)20-16/h16H,2-15H2,1H3. The fourth-order valence-corrected chi connectivity index (χ4v) is 2.71. The number of hydrogen-bond donors (Lipinski definition) is 0. The summed E-state index contributed by atoms with van der Waals surface area (Å²) < 4.78 is 10.4. The normalized spacial score (nSPS) is 19.1. The Balaban J connectivity index is 1.77. The van der Waals surface area contributed by atoms with E-state index in [1.54, 1.807) is 0 Å². The molecule has 0 saturated carbocycles. The predicted octanol–water partition coefficient (Wildman–Crippen LogP) is 4.63. The molecule has 3 heteroatoms. The van der Waals surface area contributed by atoms with Crippen LogP contribution in [0.2, 0.25) is 0 Å². The second kappa shape index (κ2) is 12.2. The third-order valence-electron chi connectivity index (χ3n) is 3.95. The molecule has 20 heavy (non-hydrogen) atoms. The second-order valence-electron chi connectivity index (χ2n) is 5.95. The van der Waals surface area contributed by atoms with E-state index in [-0.39, 0.29) is 18.7 Å². The topological polar surface area (TPSA) is 35.5 Å². The minimum atomic E-state index is -0.204. The lowest BCUT2D eigenvalue weighted by Crippen LogP contribution is -2.32. The lowest BCUT2D eigenvalue weighted by Gasteiger charge is -2.22. The van der Waals surface area contributed by atoms with Gasteiger partial charge in [-0.25, -0.2) is 4.79 Å². The number of hydrogen-bond acceptors (Lipinski definition) is 3. The van der Waals surface area contributed by atoms with E-state index >= 15 is 0 Å². The third-order valence-corrected chi connectivity index (χ3v) is 3.95. The summed E-state index contributed by atoms with van der Waals surface area (Å²) in [5, 5.41) is 0. The van der Waals surface area contributed by atoms with Crippen molar-refractivity contribution in [3.63, 3.8) is 0 Å². The van der Waals surface area contributed by atoms with Crippen LogP contribution in [0, 0.1) is 0 Å². The highest BCUT2D eigenvalue weighted by Crippen LogP contribution is 2.14. The summed E-state index contributed by atoms with van der Waals surface area (Å²) in [6.45, 7) is 2.98. The Morgan fingerprint density at radius 1 is 0.900 bits per heavy atom. The zero-order valence-electron chi connectivity index (χ0n) is 13.2. The van der Waals surface area contributed by atoms with Crippen LogP contribution in [0.15, 0.2) is 0 Å². The molecule has 118 valence electrons. The Morgan fingerprint density at radius 3 is 2.00 bits per heavy atom. The Labute approximate surface area is 124 Å². The molecule has 0 aliphatic carbocycles. The quantitative estimate of drug-likeness (QED) is 0.387. The predicted molar refractivity (Wildman–Crippen MR) is 81.8 cm³/mol. The van der Waals surface area contributed by atoms with Gasteiger partial charge in [0.1, 0.15) is 12.7 Å². The minimum absolute atomic E-state index is 0.00909. The SMILES string of the molecule is CCCCCCCCCCCCCC1COCC(=O)O1. The molecule has 0 amide bonds. The number of esters is 1. The average molecular weight is 284 g/mol. The summed E-state index contributed by atoms with van der Waals surface area (Å²) in [6, 6.07) is 0. The zero-order chi connectivity index (χ0) is 14.5. The van der Waals surface area contributed by atoms with Gasteiger partial charge in [-0.3, -0.25) is 0 Å². The van der Waals surface area contributed by atoms with E-state index in [9.17, 15) is 4.79 Å². The first-order valence-corrected chi connectivity index (χ1v) is 8.60. The van der Waals surface area contributed by atoms with Crippen LogP contribution >= 0.6 is 0 Å². The van der Waals surface area contributed by atoms with E-state index in [1.807, 2.05) is 0 Å². The largest absolute Gasteiger partial charge is 0.458 e. The summed E-state index contributed by atoms with van der Waals surface area (Å²) in [4.78, 5) is 11.0. The van der Waals surface area contributed by atoms with E-state index in [1.165, 1.54) is 64.2 Å². The summed E-state index contributed by atoms with van der Waals surface area (Å²) in [7, 11) is 0. The molecule has 1 rings (SSSR count). The van der Waals surface area contributed by atoms with Gasteiger partial charge in [0, 0.05) is 0 Å². The molecule has 1 aliphatic heterocycles. The van der Waals surface area contributed by atoms with Crippen LogP contribution < -0.4 is 0 Å². The summed E-state index contributed by atoms with van der Waals surface area (Å²) in [5.74, 6) is -0.204. The Hall–Kier alpha value is -0.570. The van der Waals surface area contributed by atoms with Gasteiger partial charge < -0.3 is 9.47 Å². The molecular weight excluding hydrogens is 252 g/mol. The van der Waals surface area contributed by atoms with Crippen LogP contribution in [0.25, 0.3) is 0 Å². The molecule has 1 aliphatic rings. The summed E-state index contributed by atoms with van der Waals surface area (Å²) in [6.07, 6.45) is 15.8. The van der Waals surface area contributed by atoms with Gasteiger partial charge in [0.05, 0.1) is 6.61 Å². The molecule has 0 bridgehead atoms. The number of carbonyl (C=O) groups excluding carboxylic acids is 1. The number of unbranched alkanes of at least 4 members (excludes halogenated alkanes) is 10. The van der Waals surface area contributed by atoms with Crippen molar-refractivity contribution in [2.75, 3.05) is 13.2 Å². The maximum atomic E-state index is 11.0. The average Bonchev–Trinajstić information content (AvgIpc) is 2.45. The van der Waals surface area contributed by atoms with Crippen molar-refractivity contribution in [2.24, 2.45) is 0 Å². The van der Waals surface area contributed by atoms with Crippen LogP contribution in [0.3, 0.4) is 0 Å². The minimum Gasteiger partial charge on any atom is -0.458 e. The van der Waals surface area contributed by atoms with Crippen molar-refractivity contribution < 1.29 is 14.3 Å². The monoisotopic (exact) mass is 284 g/mol. The van der Waals surface area contributed by atoms with Crippen molar-refractivity contribution >= 4 is 5.97 Å². The molecule has 0 N–H and O–H groups in total. The zero-order valence-corrected chi connectivity index (χ0v) is 13.2. The van der Waals surface area contributed by atoms with Gasteiger partial charge in [-0.2, -0.15) is 0 Å². The van der Waals surface area contributed by atoms with Crippen LogP contribution in [0.1, 0.15) is 84.0 Å². The third kappa shape index (κ3) is 9.35. The van der Waals surface area contributed by atoms with Gasteiger partial charge in [-0.05, 0) is 12.8 Å². The summed E-state index contributed by atoms with van der Waals surface area (Å²) >= 11 is 0. The van der Waals surface area contributed by atoms with Crippen molar-refractivity contribution in [3.8, 4) is 0 Å². The van der Waals surface area contributed by atoms with Crippen LogP contribution in [0.5, 0.6) is 0 Å². The van der Waals surface area contributed by atoms with Crippen molar-refractivity contribution in [3.05, 3.63) is 0 Å². The van der Waals surface area contributed by atoms with Gasteiger partial charge >= 0.3 is 5.97 Å². The van der Waals surface area contributed by atoms with Crippen molar-refractivity contribution in [2.45, 2.75) is 90.1 Å². The molecule has 1 atom stereocenters. The molecular formula is C17H32O3. The maximum Gasteiger partial charge on any atom is 0.332 e. The molecule has 0 aromatic rings. The first-order valence-electron chi connectivity index (χ1n) is 8.60. The molecule has 0 aromatic carbocycles. The molecule has 1 unspecified atom stereocenters. The van der Waals surface area contributed by atoms with Gasteiger partial charge in [-0.15, -0.1) is 0 Å². The highest BCUT2D eigenvalue weighted by molar-refractivity contribution is 5.71. The number of ether oxygens (including phenoxy) is 2. The van der Waals surface area contributed by atoms with Gasteiger partial charge in [0.25, 0.3) is 0 Å².